The minimum absolute atomic E-state index is 0.0148. The lowest BCUT2D eigenvalue weighted by molar-refractivity contribution is -0.119. The van der Waals surface area contributed by atoms with Crippen molar-refractivity contribution < 1.29 is 28.2 Å². The number of amides is 1. The quantitative estimate of drug-likeness (QED) is 0.643. The number of halogens is 1. The molecule has 0 fully saturated rings. The average Bonchev–Trinajstić information content (AvgIpc) is 3.09. The number of esters is 1. The Morgan fingerprint density at radius 2 is 1.89 bits per heavy atom. The lowest BCUT2D eigenvalue weighted by Gasteiger charge is -2.11. The van der Waals surface area contributed by atoms with Gasteiger partial charge in [-0.3, -0.25) is 4.79 Å². The Hall–Kier alpha value is -3.19. The summed E-state index contributed by atoms with van der Waals surface area (Å²) in [5.74, 6) is -0.308. The molecule has 0 saturated carbocycles. The first-order valence-electron chi connectivity index (χ1n) is 7.88. The summed E-state index contributed by atoms with van der Waals surface area (Å²) in [4.78, 5) is 24.2. The number of nitrogens with one attached hydrogen (secondary N) is 1. The summed E-state index contributed by atoms with van der Waals surface area (Å²) in [6.07, 6.45) is 0. The third-order valence-corrected chi connectivity index (χ3v) is 3.93. The summed E-state index contributed by atoms with van der Waals surface area (Å²) in [7, 11) is 2.99. The standard InChI is InChI=1S/C19H16ClNO6/c1-24-13-4-6-16(25-2)14(9-13)21-18(22)10-26-19(23)17-8-11-7-12(20)3-5-15(11)27-17/h3-9H,10H2,1-2H3,(H,21,22). The van der Waals surface area contributed by atoms with Crippen molar-refractivity contribution in [2.75, 3.05) is 26.1 Å². The van der Waals surface area contributed by atoms with Crippen LogP contribution in [0.1, 0.15) is 10.6 Å². The number of furan rings is 1. The molecular formula is C19H16ClNO6. The van der Waals surface area contributed by atoms with Gasteiger partial charge in [0, 0.05) is 16.5 Å². The number of benzene rings is 2. The molecule has 0 saturated heterocycles. The van der Waals surface area contributed by atoms with Crippen LogP contribution in [0.25, 0.3) is 11.0 Å². The van der Waals surface area contributed by atoms with Crippen molar-refractivity contribution in [1.82, 2.24) is 0 Å². The Kier molecular flexibility index (Phi) is 5.52. The van der Waals surface area contributed by atoms with Crippen LogP contribution in [-0.4, -0.2) is 32.7 Å². The second kappa shape index (κ2) is 8.01. The SMILES string of the molecule is COc1ccc(OC)c(NC(=O)COC(=O)c2cc3cc(Cl)ccc3o2)c1. The number of fused-ring (bicyclic) bond motifs is 1. The van der Waals surface area contributed by atoms with E-state index in [9.17, 15) is 9.59 Å². The Morgan fingerprint density at radius 3 is 2.63 bits per heavy atom. The Labute approximate surface area is 159 Å². The fourth-order valence-electron chi connectivity index (χ4n) is 2.42. The molecule has 0 aliphatic rings. The van der Waals surface area contributed by atoms with Gasteiger partial charge in [-0.2, -0.15) is 0 Å². The summed E-state index contributed by atoms with van der Waals surface area (Å²) in [5.41, 5.74) is 0.896. The fraction of sp³-hybridized carbons (Fsp3) is 0.158. The van der Waals surface area contributed by atoms with Crippen molar-refractivity contribution >= 4 is 40.1 Å². The minimum atomic E-state index is -0.755. The maximum absolute atomic E-state index is 12.1. The van der Waals surface area contributed by atoms with Crippen LogP contribution < -0.4 is 14.8 Å². The molecule has 1 heterocycles. The number of hydrogen-bond donors (Lipinski definition) is 1. The van der Waals surface area contributed by atoms with Gasteiger partial charge in [-0.1, -0.05) is 11.6 Å². The minimum Gasteiger partial charge on any atom is -0.497 e. The summed E-state index contributed by atoms with van der Waals surface area (Å²) >= 11 is 5.90. The second-order valence-corrected chi connectivity index (χ2v) is 5.92. The third-order valence-electron chi connectivity index (χ3n) is 3.69. The van der Waals surface area contributed by atoms with E-state index < -0.39 is 18.5 Å². The summed E-state index contributed by atoms with van der Waals surface area (Å²) in [6, 6.07) is 11.4. The number of carbonyl (C=O) groups excluding carboxylic acids is 2. The molecule has 8 heteroatoms. The maximum Gasteiger partial charge on any atom is 0.374 e. The van der Waals surface area contributed by atoms with Crippen molar-refractivity contribution in [1.29, 1.82) is 0 Å². The number of ether oxygens (including phenoxy) is 3. The molecule has 0 atom stereocenters. The maximum atomic E-state index is 12.1. The van der Waals surface area contributed by atoms with Crippen LogP contribution in [0.3, 0.4) is 0 Å². The van der Waals surface area contributed by atoms with E-state index >= 15 is 0 Å². The molecule has 140 valence electrons. The van der Waals surface area contributed by atoms with Gasteiger partial charge in [-0.25, -0.2) is 4.79 Å². The Balaban J connectivity index is 1.63. The molecule has 2 aromatic carbocycles. The zero-order valence-corrected chi connectivity index (χ0v) is 15.3. The van der Waals surface area contributed by atoms with E-state index in [1.165, 1.54) is 20.3 Å². The molecule has 0 bridgehead atoms. The number of methoxy groups -OCH3 is 2. The second-order valence-electron chi connectivity index (χ2n) is 5.48. The zero-order valence-electron chi connectivity index (χ0n) is 14.6. The normalized spacial score (nSPS) is 10.5. The molecular weight excluding hydrogens is 374 g/mol. The van der Waals surface area contributed by atoms with Crippen LogP contribution in [0.2, 0.25) is 5.02 Å². The highest BCUT2D eigenvalue weighted by molar-refractivity contribution is 6.31. The molecule has 1 amide bonds. The number of anilines is 1. The smallest absolute Gasteiger partial charge is 0.374 e. The van der Waals surface area contributed by atoms with E-state index in [-0.39, 0.29) is 5.76 Å². The van der Waals surface area contributed by atoms with Gasteiger partial charge >= 0.3 is 5.97 Å². The van der Waals surface area contributed by atoms with Crippen molar-refractivity contribution in [3.63, 3.8) is 0 Å². The fourth-order valence-corrected chi connectivity index (χ4v) is 2.60. The first-order chi connectivity index (χ1) is 13.0. The number of carbonyl (C=O) groups is 2. The van der Waals surface area contributed by atoms with E-state index in [4.69, 9.17) is 30.2 Å². The van der Waals surface area contributed by atoms with Crippen LogP contribution in [0, 0.1) is 0 Å². The molecule has 0 radical (unpaired) electrons. The largest absolute Gasteiger partial charge is 0.497 e. The van der Waals surface area contributed by atoms with Crippen molar-refractivity contribution in [3.05, 3.63) is 53.2 Å². The highest BCUT2D eigenvalue weighted by Crippen LogP contribution is 2.29. The molecule has 1 N–H and O–H groups in total. The summed E-state index contributed by atoms with van der Waals surface area (Å²) in [5, 5.41) is 3.80. The van der Waals surface area contributed by atoms with Crippen LogP contribution in [-0.2, 0) is 9.53 Å². The van der Waals surface area contributed by atoms with Gasteiger partial charge in [0.1, 0.15) is 17.1 Å². The van der Waals surface area contributed by atoms with Gasteiger partial charge < -0.3 is 23.9 Å². The first-order valence-corrected chi connectivity index (χ1v) is 8.26. The number of hydrogen-bond acceptors (Lipinski definition) is 6. The van der Waals surface area contributed by atoms with Crippen molar-refractivity contribution in [3.8, 4) is 11.5 Å². The molecule has 0 aliphatic heterocycles. The van der Waals surface area contributed by atoms with E-state index in [0.29, 0.717) is 33.2 Å². The Morgan fingerprint density at radius 1 is 1.07 bits per heavy atom. The lowest BCUT2D eigenvalue weighted by atomic mass is 10.2. The zero-order chi connectivity index (χ0) is 19.4. The summed E-state index contributed by atoms with van der Waals surface area (Å²) in [6.45, 7) is -0.489. The van der Waals surface area contributed by atoms with E-state index in [0.717, 1.165) is 0 Å². The molecule has 0 spiro atoms. The molecule has 3 aromatic rings. The monoisotopic (exact) mass is 389 g/mol. The van der Waals surface area contributed by atoms with E-state index in [2.05, 4.69) is 5.32 Å². The first kappa shape index (κ1) is 18.6. The van der Waals surface area contributed by atoms with Gasteiger partial charge in [-0.05, 0) is 36.4 Å². The van der Waals surface area contributed by atoms with Gasteiger partial charge in [0.05, 0.1) is 19.9 Å². The third kappa shape index (κ3) is 4.32. The van der Waals surface area contributed by atoms with Gasteiger partial charge in [0.15, 0.2) is 6.61 Å². The molecule has 27 heavy (non-hydrogen) atoms. The average molecular weight is 390 g/mol. The van der Waals surface area contributed by atoms with Crippen molar-refractivity contribution in [2.45, 2.75) is 0 Å². The lowest BCUT2D eigenvalue weighted by Crippen LogP contribution is -2.21. The molecule has 7 nitrogen and oxygen atoms in total. The summed E-state index contributed by atoms with van der Waals surface area (Å²) < 4.78 is 20.7. The molecule has 0 unspecified atom stereocenters. The molecule has 1 aromatic heterocycles. The van der Waals surface area contributed by atoms with E-state index in [1.807, 2.05) is 0 Å². The predicted octanol–water partition coefficient (Wildman–Crippen LogP) is 3.90. The van der Waals surface area contributed by atoms with Gasteiger partial charge in [0.2, 0.25) is 5.76 Å². The highest BCUT2D eigenvalue weighted by atomic mass is 35.5. The predicted molar refractivity (Wildman–Crippen MR) is 99.7 cm³/mol. The van der Waals surface area contributed by atoms with E-state index in [1.54, 1.807) is 36.4 Å². The van der Waals surface area contributed by atoms with Gasteiger partial charge in [0.25, 0.3) is 5.91 Å². The number of rotatable bonds is 6. The van der Waals surface area contributed by atoms with Crippen LogP contribution in [0.4, 0.5) is 5.69 Å². The highest BCUT2D eigenvalue weighted by Gasteiger charge is 2.16. The van der Waals surface area contributed by atoms with Crippen LogP contribution >= 0.6 is 11.6 Å². The van der Waals surface area contributed by atoms with Crippen LogP contribution in [0.5, 0.6) is 11.5 Å². The Bertz CT molecular complexity index is 997. The molecule has 3 rings (SSSR count). The topological polar surface area (TPSA) is 87.0 Å². The van der Waals surface area contributed by atoms with Crippen molar-refractivity contribution in [2.24, 2.45) is 0 Å². The van der Waals surface area contributed by atoms with Gasteiger partial charge in [-0.15, -0.1) is 0 Å². The van der Waals surface area contributed by atoms with Crippen LogP contribution in [0.15, 0.2) is 46.9 Å². The molecule has 0 aliphatic carbocycles.